The third kappa shape index (κ3) is 5.04. The van der Waals surface area contributed by atoms with Gasteiger partial charge in [-0.15, -0.1) is 0 Å². The summed E-state index contributed by atoms with van der Waals surface area (Å²) in [6.45, 7) is 1.43. The summed E-state index contributed by atoms with van der Waals surface area (Å²) < 4.78 is 24.9. The van der Waals surface area contributed by atoms with Crippen LogP contribution in [0, 0.1) is 5.82 Å². The second-order valence-electron chi connectivity index (χ2n) is 6.25. The van der Waals surface area contributed by atoms with Gasteiger partial charge in [-0.1, -0.05) is 34.1 Å². The molecule has 0 spiro atoms. The molecule has 3 amide bonds. The number of halogens is 2. The first-order chi connectivity index (χ1) is 14.4. The summed E-state index contributed by atoms with van der Waals surface area (Å²) in [5.74, 6) is -1.30. The summed E-state index contributed by atoms with van der Waals surface area (Å²) in [4.78, 5) is 37.5. The fourth-order valence-corrected chi connectivity index (χ4v) is 3.15. The number of rotatable bonds is 7. The van der Waals surface area contributed by atoms with E-state index in [9.17, 15) is 18.8 Å². The largest absolute Gasteiger partial charge is 0.481 e. The van der Waals surface area contributed by atoms with E-state index < -0.39 is 23.7 Å². The van der Waals surface area contributed by atoms with Crippen LogP contribution in [0.3, 0.4) is 0 Å². The molecule has 0 atom stereocenters. The molecule has 1 heterocycles. The van der Waals surface area contributed by atoms with E-state index in [0.717, 1.165) is 4.90 Å². The Labute approximate surface area is 180 Å². The molecule has 0 unspecified atom stereocenters. The van der Waals surface area contributed by atoms with Crippen LogP contribution in [-0.2, 0) is 20.9 Å². The normalized spacial score (nSPS) is 14.8. The molecule has 7 nitrogen and oxygen atoms in total. The molecular formula is C21H18BrFN2O5. The highest BCUT2D eigenvalue weighted by molar-refractivity contribution is 9.10. The van der Waals surface area contributed by atoms with Crippen LogP contribution in [0.2, 0.25) is 0 Å². The Bertz CT molecular complexity index is 1020. The van der Waals surface area contributed by atoms with E-state index in [1.807, 2.05) is 0 Å². The quantitative estimate of drug-likeness (QED) is 0.374. The summed E-state index contributed by atoms with van der Waals surface area (Å²) in [5, 5.41) is 2.49. The minimum Gasteiger partial charge on any atom is -0.481 e. The molecule has 1 aliphatic heterocycles. The number of benzene rings is 2. The van der Waals surface area contributed by atoms with E-state index in [1.165, 1.54) is 24.3 Å². The lowest BCUT2D eigenvalue weighted by molar-refractivity contribution is -0.145. The summed E-state index contributed by atoms with van der Waals surface area (Å²) in [5.41, 5.74) is 0.698. The van der Waals surface area contributed by atoms with Crippen molar-refractivity contribution >= 4 is 39.9 Å². The number of nitrogens with one attached hydrogen (secondary N) is 1. The lowest BCUT2D eigenvalue weighted by Gasteiger charge is -2.12. The van der Waals surface area contributed by atoms with Crippen LogP contribution in [0.4, 0.5) is 9.18 Å². The molecule has 0 bridgehead atoms. The fourth-order valence-electron chi connectivity index (χ4n) is 2.77. The molecule has 3 rings (SSSR count). The molecule has 0 aromatic heterocycles. The van der Waals surface area contributed by atoms with Crippen LogP contribution < -0.4 is 10.1 Å². The molecule has 30 heavy (non-hydrogen) atoms. The summed E-state index contributed by atoms with van der Waals surface area (Å²) in [7, 11) is 0. The number of esters is 1. The van der Waals surface area contributed by atoms with Gasteiger partial charge in [0.25, 0.3) is 5.91 Å². The Morgan fingerprint density at radius 3 is 2.73 bits per heavy atom. The number of urea groups is 1. The van der Waals surface area contributed by atoms with Crippen LogP contribution in [0.15, 0.2) is 52.6 Å². The smallest absolute Gasteiger partial charge is 0.344 e. The SMILES string of the molecule is CCOC(=O)COc1ccc(Br)cc1C=C1NC(=O)N(Cc2ccccc2F)C1=O. The average Bonchev–Trinajstić information content (AvgIpc) is 2.96. The molecule has 0 saturated carbocycles. The van der Waals surface area contributed by atoms with Gasteiger partial charge < -0.3 is 14.8 Å². The lowest BCUT2D eigenvalue weighted by atomic mass is 10.1. The molecule has 156 valence electrons. The average molecular weight is 477 g/mol. The van der Waals surface area contributed by atoms with Crippen LogP contribution >= 0.6 is 15.9 Å². The molecule has 9 heteroatoms. The van der Waals surface area contributed by atoms with Crippen molar-refractivity contribution in [1.29, 1.82) is 0 Å². The van der Waals surface area contributed by atoms with Crippen molar-refractivity contribution in [3.63, 3.8) is 0 Å². The van der Waals surface area contributed by atoms with Crippen molar-refractivity contribution in [3.05, 3.63) is 69.6 Å². The first-order valence-corrected chi connectivity index (χ1v) is 9.84. The van der Waals surface area contributed by atoms with Gasteiger partial charge in [-0.25, -0.2) is 14.0 Å². The maximum atomic E-state index is 13.9. The monoisotopic (exact) mass is 476 g/mol. The number of hydrogen-bond donors (Lipinski definition) is 1. The number of imide groups is 1. The first kappa shape index (κ1) is 21.5. The number of nitrogens with zero attached hydrogens (tertiary/aromatic N) is 1. The molecule has 0 aliphatic carbocycles. The van der Waals surface area contributed by atoms with Crippen molar-refractivity contribution in [2.75, 3.05) is 13.2 Å². The Morgan fingerprint density at radius 1 is 1.23 bits per heavy atom. The third-order valence-electron chi connectivity index (χ3n) is 4.17. The van der Waals surface area contributed by atoms with Gasteiger partial charge in [-0.3, -0.25) is 9.69 Å². The molecular weight excluding hydrogens is 459 g/mol. The predicted octanol–water partition coefficient (Wildman–Crippen LogP) is 3.62. The van der Waals surface area contributed by atoms with Crippen LogP contribution in [0.1, 0.15) is 18.1 Å². The second-order valence-corrected chi connectivity index (χ2v) is 7.16. The maximum absolute atomic E-state index is 13.9. The molecule has 1 saturated heterocycles. The molecule has 2 aromatic carbocycles. The van der Waals surface area contributed by atoms with Crippen molar-refractivity contribution in [2.24, 2.45) is 0 Å². The number of carbonyl (C=O) groups is 3. The summed E-state index contributed by atoms with van der Waals surface area (Å²) in [6.07, 6.45) is 1.44. The topological polar surface area (TPSA) is 84.9 Å². The van der Waals surface area contributed by atoms with Gasteiger partial charge in [-0.2, -0.15) is 0 Å². The van der Waals surface area contributed by atoms with Crippen molar-refractivity contribution in [3.8, 4) is 5.75 Å². The lowest BCUT2D eigenvalue weighted by Crippen LogP contribution is -2.30. The van der Waals surface area contributed by atoms with Crippen LogP contribution in [-0.4, -0.2) is 36.0 Å². The molecule has 1 N–H and O–H groups in total. The van der Waals surface area contributed by atoms with E-state index in [0.29, 0.717) is 15.8 Å². The van der Waals surface area contributed by atoms with Crippen LogP contribution in [0.5, 0.6) is 5.75 Å². The molecule has 2 aromatic rings. The van der Waals surface area contributed by atoms with Gasteiger partial charge in [0, 0.05) is 15.6 Å². The minimum absolute atomic E-state index is 0.00965. The highest BCUT2D eigenvalue weighted by Gasteiger charge is 2.34. The second kappa shape index (κ2) is 9.53. The Kier molecular flexibility index (Phi) is 6.83. The van der Waals surface area contributed by atoms with Gasteiger partial charge in [0.05, 0.1) is 13.2 Å². The Morgan fingerprint density at radius 2 is 2.00 bits per heavy atom. The minimum atomic E-state index is -0.654. The van der Waals surface area contributed by atoms with Gasteiger partial charge in [0.1, 0.15) is 17.3 Å². The number of ether oxygens (including phenoxy) is 2. The standard InChI is InChI=1S/C21H18BrFN2O5/c1-2-29-19(26)12-30-18-8-7-15(22)9-14(18)10-17-20(27)25(21(28)24-17)11-13-5-3-4-6-16(13)23/h3-10H,2,11-12H2,1H3,(H,24,28). The molecule has 0 radical (unpaired) electrons. The predicted molar refractivity (Wildman–Crippen MR) is 110 cm³/mol. The Balaban J connectivity index is 1.82. The fraction of sp³-hybridized carbons (Fsp3) is 0.190. The van der Waals surface area contributed by atoms with Crippen molar-refractivity contribution in [1.82, 2.24) is 10.2 Å². The van der Waals surface area contributed by atoms with Gasteiger partial charge in [0.15, 0.2) is 6.61 Å². The maximum Gasteiger partial charge on any atom is 0.344 e. The summed E-state index contributed by atoms with van der Waals surface area (Å²) >= 11 is 3.34. The summed E-state index contributed by atoms with van der Waals surface area (Å²) in [6, 6.07) is 10.3. The molecule has 1 aliphatic rings. The van der Waals surface area contributed by atoms with E-state index >= 15 is 0 Å². The van der Waals surface area contributed by atoms with E-state index in [2.05, 4.69) is 21.2 Å². The van der Waals surface area contributed by atoms with Crippen LogP contribution in [0.25, 0.3) is 6.08 Å². The van der Waals surface area contributed by atoms with E-state index in [4.69, 9.17) is 9.47 Å². The van der Waals surface area contributed by atoms with E-state index in [-0.39, 0.29) is 31.0 Å². The first-order valence-electron chi connectivity index (χ1n) is 9.05. The highest BCUT2D eigenvalue weighted by atomic mass is 79.9. The van der Waals surface area contributed by atoms with Crippen molar-refractivity contribution < 1.29 is 28.2 Å². The number of carbonyl (C=O) groups excluding carboxylic acids is 3. The van der Waals surface area contributed by atoms with Gasteiger partial charge in [-0.05, 0) is 37.3 Å². The zero-order valence-corrected chi connectivity index (χ0v) is 17.6. The van der Waals surface area contributed by atoms with Crippen molar-refractivity contribution in [2.45, 2.75) is 13.5 Å². The van der Waals surface area contributed by atoms with Gasteiger partial charge >= 0.3 is 12.0 Å². The van der Waals surface area contributed by atoms with Gasteiger partial charge in [0.2, 0.25) is 0 Å². The number of hydrogen-bond acceptors (Lipinski definition) is 5. The zero-order valence-electron chi connectivity index (χ0n) is 16.0. The third-order valence-corrected chi connectivity index (χ3v) is 4.66. The van der Waals surface area contributed by atoms with E-state index in [1.54, 1.807) is 31.2 Å². The molecule has 1 fully saturated rings. The zero-order chi connectivity index (χ0) is 21.7. The highest BCUT2D eigenvalue weighted by Crippen LogP contribution is 2.27. The number of amides is 3. The Hall–Kier alpha value is -3.20.